The largest absolute Gasteiger partial charge is 0.299 e. The number of nitrogens with zero attached hydrogens (tertiary/aromatic N) is 1. The first kappa shape index (κ1) is 13.3. The fraction of sp³-hybridized carbons (Fsp3) is 0.538. The average molecular weight is 321 g/mol. The number of piperidine rings is 1. The molecule has 0 aliphatic carbocycles. The first-order chi connectivity index (χ1) is 8.19. The van der Waals surface area contributed by atoms with Crippen LogP contribution in [0.5, 0.6) is 0 Å². The zero-order valence-corrected chi connectivity index (χ0v) is 12.0. The van der Waals surface area contributed by atoms with Crippen molar-refractivity contribution in [1.29, 1.82) is 0 Å². The average Bonchev–Trinajstić information content (AvgIpc) is 2.33. The predicted molar refractivity (Wildman–Crippen MR) is 73.2 cm³/mol. The minimum absolute atomic E-state index is 0.268. The van der Waals surface area contributed by atoms with Crippen LogP contribution < -0.4 is 0 Å². The topological polar surface area (TPSA) is 3.24 Å². The van der Waals surface area contributed by atoms with Crippen LogP contribution in [0.15, 0.2) is 18.2 Å². The molecule has 1 aromatic carbocycles. The third-order valence-corrected chi connectivity index (χ3v) is 4.50. The number of benzene rings is 1. The van der Waals surface area contributed by atoms with Crippen LogP contribution in [0.25, 0.3) is 0 Å². The molecule has 17 heavy (non-hydrogen) atoms. The number of likely N-dealkylation sites (tertiary alicyclic amines) is 1. The summed E-state index contributed by atoms with van der Waals surface area (Å²) in [7, 11) is 0. The van der Waals surface area contributed by atoms with Crippen LogP contribution in [0.2, 0.25) is 5.02 Å². The summed E-state index contributed by atoms with van der Waals surface area (Å²) in [5, 5.41) is 1.59. The lowest BCUT2D eigenvalue weighted by atomic mass is 10.00. The lowest BCUT2D eigenvalue weighted by Gasteiger charge is -2.32. The Hall–Kier alpha value is -0.120. The van der Waals surface area contributed by atoms with E-state index in [4.69, 9.17) is 11.6 Å². The van der Waals surface area contributed by atoms with Gasteiger partial charge in [0.15, 0.2) is 0 Å². The number of hydrogen-bond donors (Lipinski definition) is 0. The van der Waals surface area contributed by atoms with Crippen LogP contribution in [0, 0.1) is 11.7 Å². The second kappa shape index (κ2) is 6.17. The Kier molecular flexibility index (Phi) is 4.83. The second-order valence-electron chi connectivity index (χ2n) is 4.63. The van der Waals surface area contributed by atoms with Crippen molar-refractivity contribution in [2.24, 2.45) is 5.92 Å². The number of halogens is 3. The molecule has 4 heteroatoms. The zero-order valence-electron chi connectivity index (χ0n) is 9.63. The summed E-state index contributed by atoms with van der Waals surface area (Å²) in [6.07, 6.45) is 2.52. The molecular formula is C13H16BrClFN. The predicted octanol–water partition coefficient (Wildman–Crippen LogP) is 4.09. The summed E-state index contributed by atoms with van der Waals surface area (Å²) >= 11 is 9.59. The van der Waals surface area contributed by atoms with Crippen LogP contribution in [-0.2, 0) is 6.54 Å². The van der Waals surface area contributed by atoms with Crippen molar-refractivity contribution in [3.8, 4) is 0 Å². The molecule has 1 nitrogen and oxygen atoms in total. The van der Waals surface area contributed by atoms with Gasteiger partial charge >= 0.3 is 0 Å². The third-order valence-electron chi connectivity index (χ3n) is 3.23. The van der Waals surface area contributed by atoms with Crippen LogP contribution in [0.1, 0.15) is 18.4 Å². The molecule has 0 bridgehead atoms. The molecule has 1 saturated heterocycles. The van der Waals surface area contributed by atoms with Gasteiger partial charge in [0.05, 0.1) is 0 Å². The van der Waals surface area contributed by atoms with Gasteiger partial charge in [-0.25, -0.2) is 4.39 Å². The standard InChI is InChI=1S/C13H16BrClFN/c14-7-10-2-1-5-17(8-10)9-11-3-4-12(16)6-13(11)15/h3-4,6,10H,1-2,5,7-9H2. The van der Waals surface area contributed by atoms with E-state index >= 15 is 0 Å². The van der Waals surface area contributed by atoms with Gasteiger partial charge in [-0.2, -0.15) is 0 Å². The lowest BCUT2D eigenvalue weighted by Crippen LogP contribution is -2.35. The molecule has 0 saturated carbocycles. The molecule has 0 N–H and O–H groups in total. The summed E-state index contributed by atoms with van der Waals surface area (Å²) in [6, 6.07) is 4.66. The Labute approximate surface area is 115 Å². The van der Waals surface area contributed by atoms with E-state index in [-0.39, 0.29) is 5.82 Å². The summed E-state index contributed by atoms with van der Waals surface area (Å²) in [4.78, 5) is 2.40. The molecule has 0 spiro atoms. The first-order valence-electron chi connectivity index (χ1n) is 5.91. The van der Waals surface area contributed by atoms with Crippen molar-refractivity contribution in [3.63, 3.8) is 0 Å². The highest BCUT2D eigenvalue weighted by Crippen LogP contribution is 2.23. The van der Waals surface area contributed by atoms with Crippen LogP contribution >= 0.6 is 27.5 Å². The molecule has 0 radical (unpaired) electrons. The maximum Gasteiger partial charge on any atom is 0.124 e. The van der Waals surface area contributed by atoms with Gasteiger partial charge in [-0.05, 0) is 43.0 Å². The van der Waals surface area contributed by atoms with Crippen molar-refractivity contribution in [1.82, 2.24) is 4.90 Å². The van der Waals surface area contributed by atoms with E-state index in [2.05, 4.69) is 20.8 Å². The van der Waals surface area contributed by atoms with Crippen molar-refractivity contribution in [2.75, 3.05) is 18.4 Å². The Balaban J connectivity index is 2.00. The van der Waals surface area contributed by atoms with E-state index in [9.17, 15) is 4.39 Å². The van der Waals surface area contributed by atoms with Crippen molar-refractivity contribution in [2.45, 2.75) is 19.4 Å². The molecule has 0 amide bonds. The van der Waals surface area contributed by atoms with E-state index in [1.54, 1.807) is 6.07 Å². The van der Waals surface area contributed by atoms with E-state index < -0.39 is 0 Å². The molecule has 1 aliphatic rings. The Morgan fingerprint density at radius 1 is 1.47 bits per heavy atom. The highest BCUT2D eigenvalue weighted by atomic mass is 79.9. The highest BCUT2D eigenvalue weighted by Gasteiger charge is 2.19. The second-order valence-corrected chi connectivity index (χ2v) is 5.69. The first-order valence-corrected chi connectivity index (χ1v) is 7.41. The van der Waals surface area contributed by atoms with Gasteiger partial charge in [0, 0.05) is 23.4 Å². The van der Waals surface area contributed by atoms with Crippen molar-refractivity contribution >= 4 is 27.5 Å². The van der Waals surface area contributed by atoms with E-state index in [0.29, 0.717) is 5.02 Å². The number of hydrogen-bond acceptors (Lipinski definition) is 1. The minimum Gasteiger partial charge on any atom is -0.299 e. The molecule has 1 unspecified atom stereocenters. The molecule has 1 heterocycles. The van der Waals surface area contributed by atoms with Gasteiger partial charge in [0.25, 0.3) is 0 Å². The summed E-state index contributed by atoms with van der Waals surface area (Å²) in [6.45, 7) is 3.03. The molecule has 1 atom stereocenters. The summed E-state index contributed by atoms with van der Waals surface area (Å²) < 4.78 is 12.9. The minimum atomic E-state index is -0.268. The Bertz CT molecular complexity index is 386. The fourth-order valence-corrected chi connectivity index (χ4v) is 3.07. The molecule has 1 fully saturated rings. The maximum absolute atomic E-state index is 12.9. The molecule has 94 valence electrons. The van der Waals surface area contributed by atoms with E-state index in [1.165, 1.54) is 25.0 Å². The van der Waals surface area contributed by atoms with Crippen molar-refractivity contribution in [3.05, 3.63) is 34.6 Å². The summed E-state index contributed by atoms with van der Waals surface area (Å²) in [5.74, 6) is 0.457. The quantitative estimate of drug-likeness (QED) is 0.758. The number of alkyl halides is 1. The maximum atomic E-state index is 12.9. The van der Waals surface area contributed by atoms with Crippen LogP contribution in [-0.4, -0.2) is 23.3 Å². The van der Waals surface area contributed by atoms with Crippen molar-refractivity contribution < 1.29 is 4.39 Å². The van der Waals surface area contributed by atoms with E-state index in [1.807, 2.05) is 0 Å². The summed E-state index contributed by atoms with van der Waals surface area (Å²) in [5.41, 5.74) is 1.02. The molecule has 0 aromatic heterocycles. The van der Waals surface area contributed by atoms with Gasteiger partial charge in [-0.15, -0.1) is 0 Å². The Morgan fingerprint density at radius 2 is 2.29 bits per heavy atom. The zero-order chi connectivity index (χ0) is 12.3. The van der Waals surface area contributed by atoms with E-state index in [0.717, 1.165) is 36.4 Å². The molecule has 1 aromatic rings. The molecular weight excluding hydrogens is 305 g/mol. The van der Waals surface area contributed by atoms with Gasteiger partial charge in [0.1, 0.15) is 5.82 Å². The Morgan fingerprint density at radius 3 is 3.00 bits per heavy atom. The lowest BCUT2D eigenvalue weighted by molar-refractivity contribution is 0.179. The fourth-order valence-electron chi connectivity index (χ4n) is 2.31. The molecule has 2 rings (SSSR count). The van der Waals surface area contributed by atoms with Crippen LogP contribution in [0.4, 0.5) is 4.39 Å². The van der Waals surface area contributed by atoms with Gasteiger partial charge in [-0.3, -0.25) is 4.90 Å². The van der Waals surface area contributed by atoms with Crippen LogP contribution in [0.3, 0.4) is 0 Å². The van der Waals surface area contributed by atoms with Gasteiger partial charge < -0.3 is 0 Å². The monoisotopic (exact) mass is 319 g/mol. The normalized spacial score (nSPS) is 21.7. The molecule has 1 aliphatic heterocycles. The van der Waals surface area contributed by atoms with Gasteiger partial charge in [-0.1, -0.05) is 33.6 Å². The highest BCUT2D eigenvalue weighted by molar-refractivity contribution is 9.09. The van der Waals surface area contributed by atoms with Gasteiger partial charge in [0.2, 0.25) is 0 Å². The third kappa shape index (κ3) is 3.67. The smallest absolute Gasteiger partial charge is 0.124 e. The SMILES string of the molecule is Fc1ccc(CN2CCCC(CBr)C2)c(Cl)c1. The number of rotatable bonds is 3.